The van der Waals surface area contributed by atoms with Crippen LogP contribution in [0.15, 0.2) is 18.5 Å². The van der Waals surface area contributed by atoms with Crippen LogP contribution in [0.2, 0.25) is 0 Å². The van der Waals surface area contributed by atoms with Gasteiger partial charge >= 0.3 is 5.91 Å². The van der Waals surface area contributed by atoms with E-state index in [-0.39, 0.29) is 30.0 Å². The highest BCUT2D eigenvalue weighted by atomic mass is 35.5. The van der Waals surface area contributed by atoms with Crippen molar-refractivity contribution in [3.8, 4) is 0 Å². The van der Waals surface area contributed by atoms with Crippen molar-refractivity contribution in [2.75, 3.05) is 25.0 Å². The Hall–Kier alpha value is -2.39. The molecule has 29 heavy (non-hydrogen) atoms. The second-order valence-corrected chi connectivity index (χ2v) is 8.75. The summed E-state index contributed by atoms with van der Waals surface area (Å²) in [6.07, 6.45) is 4.90. The molecule has 1 aromatic rings. The van der Waals surface area contributed by atoms with Gasteiger partial charge in [0.05, 0.1) is 24.0 Å². The number of aromatic nitrogens is 1. The second-order valence-electron chi connectivity index (χ2n) is 7.21. The number of anilines is 1. The molecule has 1 aromatic heterocycles. The standard InChI is InChI=1S/C18H22Cl2N6O3/c19-18(20)6-10(18)7-25-17(29)13-2-1-5-26(13)14(27)9-24-12-8-23-4-3-11(12)15(21)16(22)28/h3-4,8,10,13,21,24H,1-2,5-7,9H2,(H2,22,28)(H,25,29)/p+1/t10-,13-/m0/s1. The van der Waals surface area contributed by atoms with Crippen molar-refractivity contribution in [3.05, 3.63) is 24.0 Å². The molecule has 1 aliphatic carbocycles. The maximum Gasteiger partial charge on any atom is 0.313 e. The van der Waals surface area contributed by atoms with Crippen molar-refractivity contribution in [1.82, 2.24) is 15.2 Å². The normalized spacial score (nSPS) is 22.1. The van der Waals surface area contributed by atoms with E-state index >= 15 is 0 Å². The highest BCUT2D eigenvalue weighted by molar-refractivity contribution is 6.50. The zero-order valence-corrected chi connectivity index (χ0v) is 17.2. The maximum absolute atomic E-state index is 12.7. The molecular weight excluding hydrogens is 419 g/mol. The van der Waals surface area contributed by atoms with Crippen LogP contribution < -0.4 is 21.8 Å². The predicted octanol–water partition coefficient (Wildman–Crippen LogP) is -1.17. The molecule has 9 nitrogen and oxygen atoms in total. The van der Waals surface area contributed by atoms with Crippen LogP contribution in [-0.2, 0) is 14.4 Å². The zero-order chi connectivity index (χ0) is 21.2. The molecule has 0 radical (unpaired) electrons. The minimum Gasteiger partial charge on any atom is -0.374 e. The fourth-order valence-electron chi connectivity index (χ4n) is 3.35. The Morgan fingerprint density at radius 1 is 1.38 bits per heavy atom. The van der Waals surface area contributed by atoms with E-state index in [0.29, 0.717) is 37.2 Å². The number of pyridine rings is 1. The fourth-order valence-corrected chi connectivity index (χ4v) is 3.87. The van der Waals surface area contributed by atoms with Gasteiger partial charge in [0.15, 0.2) is 0 Å². The summed E-state index contributed by atoms with van der Waals surface area (Å²) in [5.74, 6) is -1.18. The van der Waals surface area contributed by atoms with E-state index in [0.717, 1.165) is 6.42 Å². The third-order valence-electron chi connectivity index (χ3n) is 5.16. The van der Waals surface area contributed by atoms with E-state index in [1.165, 1.54) is 18.5 Å². The Bertz CT molecular complexity index is 847. The summed E-state index contributed by atoms with van der Waals surface area (Å²) in [6.45, 7) is 0.805. The molecule has 1 saturated heterocycles. The third kappa shape index (κ3) is 4.97. The monoisotopic (exact) mass is 441 g/mol. The predicted molar refractivity (Wildman–Crippen MR) is 108 cm³/mol. The van der Waals surface area contributed by atoms with E-state index in [1.54, 1.807) is 4.90 Å². The van der Waals surface area contributed by atoms with E-state index < -0.39 is 16.3 Å². The average Bonchev–Trinajstić information content (AvgIpc) is 3.07. The number of nitrogens with one attached hydrogen (secondary N) is 2. The molecule has 0 aromatic carbocycles. The summed E-state index contributed by atoms with van der Waals surface area (Å²) in [4.78, 5) is 42.1. The van der Waals surface area contributed by atoms with Gasteiger partial charge in [-0.3, -0.25) is 19.4 Å². The first-order chi connectivity index (χ1) is 13.7. The van der Waals surface area contributed by atoms with Gasteiger partial charge in [0, 0.05) is 25.2 Å². The Kier molecular flexibility index (Phi) is 6.28. The molecule has 11 heteroatoms. The number of likely N-dealkylation sites (tertiary alicyclic amines) is 1. The number of nitrogens with zero attached hydrogens (tertiary/aromatic N) is 2. The van der Waals surface area contributed by atoms with Gasteiger partial charge in [0.1, 0.15) is 10.4 Å². The number of primary amides is 1. The fraction of sp³-hybridized carbons (Fsp3) is 0.500. The molecule has 156 valence electrons. The number of carbonyl (C=O) groups is 3. The van der Waals surface area contributed by atoms with Gasteiger partial charge < -0.3 is 21.3 Å². The minimum absolute atomic E-state index is 0.0398. The van der Waals surface area contributed by atoms with Crippen LogP contribution in [0, 0.1) is 5.92 Å². The summed E-state index contributed by atoms with van der Waals surface area (Å²) in [5.41, 5.74) is 5.88. The molecule has 3 amide bonds. The summed E-state index contributed by atoms with van der Waals surface area (Å²) in [6, 6.07) is 1.00. The van der Waals surface area contributed by atoms with Crippen LogP contribution in [0.25, 0.3) is 0 Å². The number of amides is 3. The van der Waals surface area contributed by atoms with Crippen molar-refractivity contribution in [1.29, 1.82) is 0 Å². The van der Waals surface area contributed by atoms with Gasteiger partial charge in [0.2, 0.25) is 11.8 Å². The molecule has 2 atom stereocenters. The lowest BCUT2D eigenvalue weighted by Gasteiger charge is -2.24. The van der Waals surface area contributed by atoms with Crippen molar-refractivity contribution >= 4 is 52.3 Å². The van der Waals surface area contributed by atoms with E-state index in [2.05, 4.69) is 15.6 Å². The molecule has 1 saturated carbocycles. The highest BCUT2D eigenvalue weighted by Gasteiger charge is 2.51. The van der Waals surface area contributed by atoms with Crippen LogP contribution in [0.4, 0.5) is 5.69 Å². The summed E-state index contributed by atoms with van der Waals surface area (Å²) >= 11 is 12.0. The summed E-state index contributed by atoms with van der Waals surface area (Å²) in [5, 5.41) is 11.5. The largest absolute Gasteiger partial charge is 0.374 e. The quantitative estimate of drug-likeness (QED) is 0.296. The lowest BCUT2D eigenvalue weighted by atomic mass is 10.1. The molecule has 2 aliphatic rings. The molecule has 2 heterocycles. The Morgan fingerprint density at radius 2 is 2.10 bits per heavy atom. The molecule has 0 spiro atoms. The van der Waals surface area contributed by atoms with Crippen molar-refractivity contribution in [2.45, 2.75) is 29.6 Å². The third-order valence-corrected chi connectivity index (χ3v) is 6.09. The first kappa shape index (κ1) is 21.3. The van der Waals surface area contributed by atoms with Crippen LogP contribution in [0.3, 0.4) is 0 Å². The van der Waals surface area contributed by atoms with Gasteiger partial charge in [-0.25, -0.2) is 5.41 Å². The van der Waals surface area contributed by atoms with Crippen LogP contribution in [-0.4, -0.2) is 63.3 Å². The molecule has 6 N–H and O–H groups in total. The number of hydrogen-bond donors (Lipinski definition) is 4. The molecule has 3 rings (SSSR count). The topological polar surface area (TPSA) is 143 Å². The molecule has 2 fully saturated rings. The van der Waals surface area contributed by atoms with Crippen molar-refractivity contribution < 1.29 is 19.8 Å². The summed E-state index contributed by atoms with van der Waals surface area (Å²) < 4.78 is -0.756. The average molecular weight is 442 g/mol. The molecule has 0 bridgehead atoms. The smallest absolute Gasteiger partial charge is 0.313 e. The van der Waals surface area contributed by atoms with Gasteiger partial charge in [-0.1, -0.05) is 0 Å². The second kappa shape index (κ2) is 8.54. The SMILES string of the molecule is NC(=O)C(=[NH2+])c1ccncc1NCC(=O)N1CCC[C@H]1C(=O)NC[C@@H]1CC1(Cl)Cl. The molecule has 1 aliphatic heterocycles. The number of carbonyl (C=O) groups excluding carboxylic acids is 3. The van der Waals surface area contributed by atoms with Crippen LogP contribution in [0.5, 0.6) is 0 Å². The van der Waals surface area contributed by atoms with Gasteiger partial charge in [0.25, 0.3) is 5.71 Å². The number of nitrogens with two attached hydrogens (primary N) is 2. The van der Waals surface area contributed by atoms with Gasteiger partial charge in [-0.2, -0.15) is 0 Å². The minimum atomic E-state index is -0.768. The first-order valence-corrected chi connectivity index (χ1v) is 10.0. The highest BCUT2D eigenvalue weighted by Crippen LogP contribution is 2.52. The molecular formula is C18H23Cl2N6O3+. The zero-order valence-electron chi connectivity index (χ0n) is 15.7. The molecule has 0 unspecified atom stereocenters. The van der Waals surface area contributed by atoms with Gasteiger partial charge in [-0.05, 0) is 25.3 Å². The Balaban J connectivity index is 1.57. The van der Waals surface area contributed by atoms with Crippen LogP contribution in [0.1, 0.15) is 24.8 Å². The summed E-state index contributed by atoms with van der Waals surface area (Å²) in [7, 11) is 0. The number of halogens is 2. The lowest BCUT2D eigenvalue weighted by molar-refractivity contribution is -0.137. The lowest BCUT2D eigenvalue weighted by Crippen LogP contribution is -2.49. The number of hydrogen-bond acceptors (Lipinski definition) is 5. The Labute approximate surface area is 177 Å². The van der Waals surface area contributed by atoms with Gasteiger partial charge in [-0.15, -0.1) is 23.2 Å². The number of rotatable bonds is 8. The van der Waals surface area contributed by atoms with E-state index in [9.17, 15) is 14.4 Å². The van der Waals surface area contributed by atoms with E-state index in [4.69, 9.17) is 34.3 Å². The van der Waals surface area contributed by atoms with Crippen molar-refractivity contribution in [2.24, 2.45) is 11.7 Å². The first-order valence-electron chi connectivity index (χ1n) is 9.26. The number of alkyl halides is 2. The Morgan fingerprint density at radius 3 is 2.76 bits per heavy atom. The van der Waals surface area contributed by atoms with Crippen molar-refractivity contribution in [3.63, 3.8) is 0 Å². The van der Waals surface area contributed by atoms with E-state index in [1.807, 2.05) is 0 Å². The maximum atomic E-state index is 12.7. The van der Waals surface area contributed by atoms with Crippen LogP contribution >= 0.6 is 23.2 Å².